The van der Waals surface area contributed by atoms with Gasteiger partial charge in [0.05, 0.1) is 14.0 Å². The van der Waals surface area contributed by atoms with Crippen molar-refractivity contribution in [1.29, 1.82) is 0 Å². The van der Waals surface area contributed by atoms with Crippen molar-refractivity contribution >= 4 is 43.4 Å². The molecule has 0 saturated heterocycles. The first-order chi connectivity index (χ1) is 13.2. The molecular weight excluding hydrogens is 422 g/mol. The van der Waals surface area contributed by atoms with Gasteiger partial charge in [-0.3, -0.25) is 9.78 Å². The molecule has 0 saturated carbocycles. The van der Waals surface area contributed by atoms with Crippen LogP contribution < -0.4 is 5.32 Å². The lowest BCUT2D eigenvalue weighted by Gasteiger charge is -2.11. The predicted molar refractivity (Wildman–Crippen MR) is 113 cm³/mol. The molecule has 4 rings (SSSR count). The van der Waals surface area contributed by atoms with Crippen molar-refractivity contribution < 1.29 is 4.79 Å². The van der Waals surface area contributed by atoms with Gasteiger partial charge in [-0.05, 0) is 51.7 Å². The molecule has 0 aliphatic rings. The maximum absolute atomic E-state index is 12.8. The molecule has 0 unspecified atom stereocenters. The van der Waals surface area contributed by atoms with Crippen LogP contribution in [0.3, 0.4) is 0 Å². The quantitative estimate of drug-likeness (QED) is 0.457. The fourth-order valence-corrected chi connectivity index (χ4v) is 4.67. The third-order valence-corrected chi connectivity index (χ3v) is 6.01. The summed E-state index contributed by atoms with van der Waals surface area (Å²) in [6, 6.07) is 18.2. The van der Waals surface area contributed by atoms with Crippen LogP contribution in [-0.2, 0) is 19.5 Å². The van der Waals surface area contributed by atoms with Gasteiger partial charge in [-0.15, -0.1) is 11.3 Å². The minimum absolute atomic E-state index is 0.0635. The summed E-state index contributed by atoms with van der Waals surface area (Å²) in [5, 5.41) is 3.01. The molecule has 1 aromatic carbocycles. The minimum Gasteiger partial charge on any atom is -0.347 e. The lowest BCUT2D eigenvalue weighted by atomic mass is 10.1. The van der Waals surface area contributed by atoms with Gasteiger partial charge in [-0.1, -0.05) is 36.4 Å². The number of pyridine rings is 1. The second-order valence-corrected chi connectivity index (χ2v) is 8.72. The Hall–Kier alpha value is -2.44. The van der Waals surface area contributed by atoms with Gasteiger partial charge >= 0.3 is 0 Å². The molecule has 136 valence electrons. The number of fused-ring (bicyclic) bond motifs is 1. The standard InChI is InChI=1S/C21H18BrN3OS/c22-20-12-17-19(27-20)11-18(21(26)24-14-16-7-4-9-23-13-16)25(17)10-8-15-5-2-1-3-6-15/h1-7,9,11-13H,8,10,14H2,(H,24,26). The highest BCUT2D eigenvalue weighted by molar-refractivity contribution is 9.11. The zero-order valence-corrected chi connectivity index (χ0v) is 17.0. The van der Waals surface area contributed by atoms with Gasteiger partial charge in [0.1, 0.15) is 5.69 Å². The van der Waals surface area contributed by atoms with Crippen LogP contribution in [0.15, 0.2) is 70.8 Å². The fraction of sp³-hybridized carbons (Fsp3) is 0.143. The summed E-state index contributed by atoms with van der Waals surface area (Å²) in [5.41, 5.74) is 4.03. The highest BCUT2D eigenvalue weighted by Gasteiger charge is 2.17. The second kappa shape index (κ2) is 8.06. The number of hydrogen-bond donors (Lipinski definition) is 1. The van der Waals surface area contributed by atoms with Crippen LogP contribution in [0.5, 0.6) is 0 Å². The van der Waals surface area contributed by atoms with Crippen molar-refractivity contribution in [3.05, 3.63) is 87.6 Å². The number of nitrogens with zero attached hydrogens (tertiary/aromatic N) is 2. The van der Waals surface area contributed by atoms with E-state index in [9.17, 15) is 4.79 Å². The van der Waals surface area contributed by atoms with E-state index in [2.05, 4.69) is 49.0 Å². The van der Waals surface area contributed by atoms with Crippen molar-refractivity contribution in [3.63, 3.8) is 0 Å². The molecule has 1 N–H and O–H groups in total. The molecule has 0 aliphatic carbocycles. The number of halogens is 1. The topological polar surface area (TPSA) is 46.9 Å². The van der Waals surface area contributed by atoms with Gasteiger partial charge < -0.3 is 9.88 Å². The third-order valence-electron chi connectivity index (χ3n) is 4.43. The lowest BCUT2D eigenvalue weighted by Crippen LogP contribution is -2.25. The maximum Gasteiger partial charge on any atom is 0.268 e. The van der Waals surface area contributed by atoms with Gasteiger partial charge in [0.2, 0.25) is 0 Å². The van der Waals surface area contributed by atoms with Crippen molar-refractivity contribution in [1.82, 2.24) is 14.9 Å². The molecule has 0 bridgehead atoms. The number of thiophene rings is 1. The number of benzene rings is 1. The Balaban J connectivity index is 1.57. The summed E-state index contributed by atoms with van der Waals surface area (Å²) in [6.45, 7) is 1.22. The van der Waals surface area contributed by atoms with Crippen LogP contribution in [0.4, 0.5) is 0 Å². The highest BCUT2D eigenvalue weighted by atomic mass is 79.9. The number of nitrogens with one attached hydrogen (secondary N) is 1. The Morgan fingerprint density at radius 3 is 2.70 bits per heavy atom. The van der Waals surface area contributed by atoms with Crippen LogP contribution in [0.1, 0.15) is 21.6 Å². The van der Waals surface area contributed by atoms with Crippen LogP contribution in [-0.4, -0.2) is 15.5 Å². The predicted octanol–water partition coefficient (Wildman–Crippen LogP) is 5.03. The average molecular weight is 440 g/mol. The number of aryl methyl sites for hydroxylation is 2. The number of carbonyl (C=O) groups excluding carboxylic acids is 1. The molecule has 4 aromatic rings. The molecule has 0 fully saturated rings. The van der Waals surface area contributed by atoms with Crippen molar-refractivity contribution in [3.8, 4) is 0 Å². The number of rotatable bonds is 6. The SMILES string of the molecule is O=C(NCc1cccnc1)c1cc2sc(Br)cc2n1CCc1ccccc1. The Labute approximate surface area is 170 Å². The third kappa shape index (κ3) is 4.12. The summed E-state index contributed by atoms with van der Waals surface area (Å²) >= 11 is 5.20. The Kier molecular flexibility index (Phi) is 5.36. The molecule has 1 amide bonds. The molecule has 0 atom stereocenters. The van der Waals surface area contributed by atoms with Gasteiger partial charge in [0, 0.05) is 25.5 Å². The fourth-order valence-electron chi connectivity index (χ4n) is 3.10. The van der Waals surface area contributed by atoms with Crippen molar-refractivity contribution in [2.45, 2.75) is 19.5 Å². The van der Waals surface area contributed by atoms with E-state index in [0.29, 0.717) is 12.2 Å². The largest absolute Gasteiger partial charge is 0.347 e. The van der Waals surface area contributed by atoms with Crippen LogP contribution in [0.25, 0.3) is 10.2 Å². The van der Waals surface area contributed by atoms with E-state index in [4.69, 9.17) is 0 Å². The molecule has 3 heterocycles. The summed E-state index contributed by atoms with van der Waals surface area (Å²) < 4.78 is 4.30. The van der Waals surface area contributed by atoms with E-state index in [1.807, 2.05) is 36.4 Å². The number of hydrogen-bond acceptors (Lipinski definition) is 3. The lowest BCUT2D eigenvalue weighted by molar-refractivity contribution is 0.0942. The van der Waals surface area contributed by atoms with Crippen LogP contribution >= 0.6 is 27.3 Å². The van der Waals surface area contributed by atoms with Crippen LogP contribution in [0.2, 0.25) is 0 Å². The summed E-state index contributed by atoms with van der Waals surface area (Å²) in [5.74, 6) is -0.0635. The zero-order chi connectivity index (χ0) is 18.6. The van der Waals surface area contributed by atoms with Gasteiger partial charge in [-0.25, -0.2) is 0 Å². The number of amides is 1. The normalized spacial score (nSPS) is 11.0. The molecule has 4 nitrogen and oxygen atoms in total. The molecule has 0 spiro atoms. The molecule has 3 aromatic heterocycles. The van der Waals surface area contributed by atoms with Crippen LogP contribution in [0, 0.1) is 0 Å². The van der Waals surface area contributed by atoms with Gasteiger partial charge in [0.25, 0.3) is 5.91 Å². The van der Waals surface area contributed by atoms with E-state index in [1.54, 1.807) is 23.7 Å². The van der Waals surface area contributed by atoms with Crippen molar-refractivity contribution in [2.24, 2.45) is 0 Å². The van der Waals surface area contributed by atoms with E-state index in [-0.39, 0.29) is 5.91 Å². The molecular formula is C21H18BrN3OS. The Morgan fingerprint density at radius 1 is 1.11 bits per heavy atom. The molecule has 0 radical (unpaired) electrons. The first kappa shape index (κ1) is 17.9. The highest BCUT2D eigenvalue weighted by Crippen LogP contribution is 2.32. The Morgan fingerprint density at radius 2 is 1.93 bits per heavy atom. The van der Waals surface area contributed by atoms with E-state index >= 15 is 0 Å². The monoisotopic (exact) mass is 439 g/mol. The number of carbonyl (C=O) groups is 1. The van der Waals surface area contributed by atoms with Crippen molar-refractivity contribution in [2.75, 3.05) is 0 Å². The van der Waals surface area contributed by atoms with Gasteiger partial charge in [0.15, 0.2) is 0 Å². The average Bonchev–Trinajstić information content (AvgIpc) is 3.22. The van der Waals surface area contributed by atoms with Gasteiger partial charge in [-0.2, -0.15) is 0 Å². The van der Waals surface area contributed by atoms with E-state index < -0.39 is 0 Å². The molecule has 6 heteroatoms. The summed E-state index contributed by atoms with van der Waals surface area (Å²) in [6.07, 6.45) is 4.37. The summed E-state index contributed by atoms with van der Waals surface area (Å²) in [7, 11) is 0. The van der Waals surface area contributed by atoms with E-state index in [0.717, 1.165) is 32.5 Å². The zero-order valence-electron chi connectivity index (χ0n) is 14.6. The second-order valence-electron chi connectivity index (χ2n) is 6.26. The first-order valence-corrected chi connectivity index (χ1v) is 10.3. The smallest absolute Gasteiger partial charge is 0.268 e. The number of aromatic nitrogens is 2. The molecule has 27 heavy (non-hydrogen) atoms. The minimum atomic E-state index is -0.0635. The molecule has 0 aliphatic heterocycles. The first-order valence-electron chi connectivity index (χ1n) is 8.70. The maximum atomic E-state index is 12.8. The Bertz CT molecular complexity index is 1060. The summed E-state index contributed by atoms with van der Waals surface area (Å²) in [4.78, 5) is 16.9. The van der Waals surface area contributed by atoms with E-state index in [1.165, 1.54) is 5.56 Å².